The lowest BCUT2D eigenvalue weighted by atomic mass is 9.91. The number of aromatic nitrogens is 2. The third-order valence-electron chi connectivity index (χ3n) is 4.02. The van der Waals surface area contributed by atoms with E-state index in [4.69, 9.17) is 4.74 Å². The van der Waals surface area contributed by atoms with Crippen LogP contribution in [0.25, 0.3) is 0 Å². The molecule has 132 valence electrons. The third kappa shape index (κ3) is 5.40. The standard InChI is InChI=1S/C17H27N5O2/c1-5-10-24-17(23)21-14-8-6-13(7-9-14)20-15-11-16(22(3)4)19-12(2)18-15/h5,11,13-14H,1,6-10H2,2-4H3,(H,21,23)(H,18,19,20). The number of carbonyl (C=O) groups is 1. The summed E-state index contributed by atoms with van der Waals surface area (Å²) in [4.78, 5) is 22.4. The zero-order valence-electron chi connectivity index (χ0n) is 14.7. The van der Waals surface area contributed by atoms with Gasteiger partial charge in [0.15, 0.2) is 0 Å². The van der Waals surface area contributed by atoms with Crippen molar-refractivity contribution < 1.29 is 9.53 Å². The van der Waals surface area contributed by atoms with Gasteiger partial charge in [0.1, 0.15) is 24.1 Å². The maximum absolute atomic E-state index is 11.6. The average molecular weight is 333 g/mol. The molecule has 1 aliphatic carbocycles. The van der Waals surface area contributed by atoms with Gasteiger partial charge in [-0.3, -0.25) is 0 Å². The van der Waals surface area contributed by atoms with Crippen LogP contribution in [0.4, 0.5) is 16.4 Å². The smallest absolute Gasteiger partial charge is 0.407 e. The first kappa shape index (κ1) is 18.0. The molecule has 0 atom stereocenters. The van der Waals surface area contributed by atoms with Gasteiger partial charge in [-0.15, -0.1) is 0 Å². The molecule has 1 saturated carbocycles. The number of nitrogens with zero attached hydrogens (tertiary/aromatic N) is 3. The number of aryl methyl sites for hydroxylation is 1. The summed E-state index contributed by atoms with van der Waals surface area (Å²) in [5.41, 5.74) is 0. The molecular weight excluding hydrogens is 306 g/mol. The number of anilines is 2. The van der Waals surface area contributed by atoms with Crippen LogP contribution in [-0.2, 0) is 4.74 Å². The summed E-state index contributed by atoms with van der Waals surface area (Å²) in [7, 11) is 3.93. The zero-order chi connectivity index (χ0) is 17.5. The molecule has 2 N–H and O–H groups in total. The number of hydrogen-bond donors (Lipinski definition) is 2. The van der Waals surface area contributed by atoms with Gasteiger partial charge in [-0.2, -0.15) is 0 Å². The molecule has 7 heteroatoms. The van der Waals surface area contributed by atoms with Crippen LogP contribution in [-0.4, -0.2) is 48.8 Å². The number of rotatable bonds is 6. The predicted octanol–water partition coefficient (Wildman–Crippen LogP) is 2.49. The summed E-state index contributed by atoms with van der Waals surface area (Å²) < 4.78 is 4.96. The van der Waals surface area contributed by atoms with Crippen molar-refractivity contribution in [1.82, 2.24) is 15.3 Å². The number of amides is 1. The SMILES string of the molecule is C=CCOC(=O)NC1CCC(Nc2cc(N(C)C)nc(C)n2)CC1. The zero-order valence-corrected chi connectivity index (χ0v) is 14.7. The molecule has 1 aliphatic rings. The lowest BCUT2D eigenvalue weighted by Gasteiger charge is -2.29. The molecular formula is C17H27N5O2. The first-order chi connectivity index (χ1) is 11.5. The van der Waals surface area contributed by atoms with Crippen LogP contribution in [0.3, 0.4) is 0 Å². The van der Waals surface area contributed by atoms with Gasteiger partial charge in [0.2, 0.25) is 0 Å². The molecule has 1 amide bonds. The molecule has 1 aromatic rings. The summed E-state index contributed by atoms with van der Waals surface area (Å²) >= 11 is 0. The Morgan fingerprint density at radius 2 is 2.00 bits per heavy atom. The molecule has 7 nitrogen and oxygen atoms in total. The fourth-order valence-electron chi connectivity index (χ4n) is 2.79. The van der Waals surface area contributed by atoms with Crippen molar-refractivity contribution in [2.75, 3.05) is 30.9 Å². The Balaban J connectivity index is 1.83. The Hall–Kier alpha value is -2.31. The van der Waals surface area contributed by atoms with E-state index in [0.29, 0.717) is 6.04 Å². The van der Waals surface area contributed by atoms with Gasteiger partial charge in [0.25, 0.3) is 0 Å². The molecule has 0 bridgehead atoms. The molecule has 1 fully saturated rings. The lowest BCUT2D eigenvalue weighted by Crippen LogP contribution is -2.40. The van der Waals surface area contributed by atoms with Crippen LogP contribution < -0.4 is 15.5 Å². The predicted molar refractivity (Wildman–Crippen MR) is 95.4 cm³/mol. The molecule has 1 aromatic heterocycles. The molecule has 0 radical (unpaired) electrons. The summed E-state index contributed by atoms with van der Waals surface area (Å²) in [6.07, 6.45) is 5.00. The van der Waals surface area contributed by atoms with Crippen molar-refractivity contribution in [1.29, 1.82) is 0 Å². The van der Waals surface area contributed by atoms with Crippen LogP contribution in [0.5, 0.6) is 0 Å². The third-order valence-corrected chi connectivity index (χ3v) is 4.02. The average Bonchev–Trinajstić information content (AvgIpc) is 2.54. The van der Waals surface area contributed by atoms with Crippen LogP contribution in [0.1, 0.15) is 31.5 Å². The first-order valence-corrected chi connectivity index (χ1v) is 8.31. The maximum Gasteiger partial charge on any atom is 0.407 e. The molecule has 1 heterocycles. The van der Waals surface area contributed by atoms with Crippen molar-refractivity contribution in [2.45, 2.75) is 44.7 Å². The molecule has 0 unspecified atom stereocenters. The Morgan fingerprint density at radius 1 is 1.33 bits per heavy atom. The quantitative estimate of drug-likeness (QED) is 0.779. The number of nitrogens with one attached hydrogen (secondary N) is 2. The van der Waals surface area contributed by atoms with Crippen LogP contribution in [0.2, 0.25) is 0 Å². The maximum atomic E-state index is 11.6. The highest BCUT2D eigenvalue weighted by molar-refractivity contribution is 5.67. The number of carbonyl (C=O) groups excluding carboxylic acids is 1. The van der Waals surface area contributed by atoms with Gasteiger partial charge >= 0.3 is 6.09 Å². The fraction of sp³-hybridized carbons (Fsp3) is 0.588. The minimum atomic E-state index is -0.367. The van der Waals surface area contributed by atoms with Crippen molar-refractivity contribution in [3.05, 3.63) is 24.5 Å². The van der Waals surface area contributed by atoms with E-state index in [1.165, 1.54) is 0 Å². The van der Waals surface area contributed by atoms with Gasteiger partial charge in [0, 0.05) is 32.2 Å². The van der Waals surface area contributed by atoms with Crippen LogP contribution in [0.15, 0.2) is 18.7 Å². The second kappa shape index (κ2) is 8.52. The van der Waals surface area contributed by atoms with Crippen molar-refractivity contribution in [3.63, 3.8) is 0 Å². The lowest BCUT2D eigenvalue weighted by molar-refractivity contribution is 0.150. The molecule has 24 heavy (non-hydrogen) atoms. The Bertz CT molecular complexity index is 568. The van der Waals surface area contributed by atoms with Gasteiger partial charge in [0.05, 0.1) is 0 Å². The normalized spacial score (nSPS) is 20.1. The molecule has 0 aliphatic heterocycles. The summed E-state index contributed by atoms with van der Waals surface area (Å²) in [6.45, 7) is 5.66. The molecule has 2 rings (SSSR count). The highest BCUT2D eigenvalue weighted by atomic mass is 16.5. The Kier molecular flexibility index (Phi) is 6.40. The van der Waals surface area contributed by atoms with Gasteiger partial charge < -0.3 is 20.3 Å². The van der Waals surface area contributed by atoms with E-state index in [2.05, 4.69) is 27.2 Å². The largest absolute Gasteiger partial charge is 0.445 e. The Labute approximate surface area is 143 Å². The minimum Gasteiger partial charge on any atom is -0.445 e. The Morgan fingerprint density at radius 3 is 2.62 bits per heavy atom. The summed E-state index contributed by atoms with van der Waals surface area (Å²) in [6, 6.07) is 2.49. The van der Waals surface area contributed by atoms with Gasteiger partial charge in [-0.25, -0.2) is 14.8 Å². The van der Waals surface area contributed by atoms with E-state index in [0.717, 1.165) is 43.1 Å². The van der Waals surface area contributed by atoms with E-state index in [1.807, 2.05) is 32.0 Å². The number of alkyl carbamates (subject to hydrolysis) is 1. The van der Waals surface area contributed by atoms with Crippen LogP contribution >= 0.6 is 0 Å². The molecule has 0 aromatic carbocycles. The number of ether oxygens (including phenoxy) is 1. The topological polar surface area (TPSA) is 79.4 Å². The molecule has 0 spiro atoms. The van der Waals surface area contributed by atoms with E-state index in [-0.39, 0.29) is 18.7 Å². The second-order valence-corrected chi connectivity index (χ2v) is 6.28. The minimum absolute atomic E-state index is 0.171. The van der Waals surface area contributed by atoms with Crippen molar-refractivity contribution in [3.8, 4) is 0 Å². The number of hydrogen-bond acceptors (Lipinski definition) is 6. The van der Waals surface area contributed by atoms with Gasteiger partial charge in [-0.05, 0) is 32.6 Å². The monoisotopic (exact) mass is 333 g/mol. The van der Waals surface area contributed by atoms with Crippen molar-refractivity contribution in [2.24, 2.45) is 0 Å². The summed E-state index contributed by atoms with van der Waals surface area (Å²) in [5, 5.41) is 6.39. The highest BCUT2D eigenvalue weighted by Gasteiger charge is 2.23. The summed E-state index contributed by atoms with van der Waals surface area (Å²) in [5.74, 6) is 2.50. The molecule has 0 saturated heterocycles. The van der Waals surface area contributed by atoms with E-state index < -0.39 is 0 Å². The second-order valence-electron chi connectivity index (χ2n) is 6.28. The first-order valence-electron chi connectivity index (χ1n) is 8.31. The van der Waals surface area contributed by atoms with Gasteiger partial charge in [-0.1, -0.05) is 12.7 Å². The van der Waals surface area contributed by atoms with E-state index in [1.54, 1.807) is 6.08 Å². The van der Waals surface area contributed by atoms with Crippen LogP contribution in [0, 0.1) is 6.92 Å². The highest BCUT2D eigenvalue weighted by Crippen LogP contribution is 2.23. The van der Waals surface area contributed by atoms with E-state index >= 15 is 0 Å². The van der Waals surface area contributed by atoms with E-state index in [9.17, 15) is 4.79 Å². The van der Waals surface area contributed by atoms with Crippen molar-refractivity contribution >= 4 is 17.7 Å². The fourth-order valence-corrected chi connectivity index (χ4v) is 2.79.